The maximum absolute atomic E-state index is 10.2. The summed E-state index contributed by atoms with van der Waals surface area (Å²) in [5.41, 5.74) is 2.56. The fraction of sp³-hybridized carbons (Fsp3) is 0.611. The average molecular weight is 375 g/mol. The summed E-state index contributed by atoms with van der Waals surface area (Å²) >= 11 is 0. The summed E-state index contributed by atoms with van der Waals surface area (Å²) in [7, 11) is 0. The molecule has 1 aliphatic heterocycles. The van der Waals surface area contributed by atoms with Crippen LogP contribution < -0.4 is 5.32 Å². The van der Waals surface area contributed by atoms with Crippen LogP contribution in [0.2, 0.25) is 0 Å². The molecular weight excluding hydrogens is 350 g/mol. The highest BCUT2D eigenvalue weighted by Gasteiger charge is 2.44. The van der Waals surface area contributed by atoms with Crippen molar-refractivity contribution in [2.24, 2.45) is 0 Å². The Balaban J connectivity index is 1.51. The van der Waals surface area contributed by atoms with Crippen LogP contribution in [0.4, 0.5) is 5.82 Å². The number of fused-ring (bicyclic) bond motifs is 1. The normalized spacial score (nSPS) is 28.5. The van der Waals surface area contributed by atoms with E-state index in [9.17, 15) is 15.3 Å². The van der Waals surface area contributed by atoms with Gasteiger partial charge in [0.2, 0.25) is 0 Å². The molecule has 146 valence electrons. The van der Waals surface area contributed by atoms with Gasteiger partial charge in [-0.1, -0.05) is 11.6 Å². The molecule has 4 atom stereocenters. The minimum atomic E-state index is -1.18. The molecule has 0 amide bonds. The molecule has 2 aromatic rings. The van der Waals surface area contributed by atoms with Crippen molar-refractivity contribution in [3.05, 3.63) is 24.3 Å². The van der Waals surface area contributed by atoms with Gasteiger partial charge in [0, 0.05) is 6.54 Å². The summed E-state index contributed by atoms with van der Waals surface area (Å²) in [5.74, 6) is 0.627. The lowest BCUT2D eigenvalue weighted by molar-refractivity contribution is -0.0511. The van der Waals surface area contributed by atoms with E-state index in [0.717, 1.165) is 13.0 Å². The molecule has 9 heteroatoms. The molecule has 2 aliphatic rings. The van der Waals surface area contributed by atoms with Gasteiger partial charge >= 0.3 is 0 Å². The topological polar surface area (TPSA) is 126 Å². The van der Waals surface area contributed by atoms with Gasteiger partial charge < -0.3 is 25.4 Å². The van der Waals surface area contributed by atoms with Gasteiger partial charge in [-0.15, -0.1) is 0 Å². The van der Waals surface area contributed by atoms with Crippen molar-refractivity contribution in [1.29, 1.82) is 0 Å². The summed E-state index contributed by atoms with van der Waals surface area (Å²) in [6.45, 7) is 0.387. The van der Waals surface area contributed by atoms with Crippen molar-refractivity contribution in [3.63, 3.8) is 0 Å². The van der Waals surface area contributed by atoms with Crippen molar-refractivity contribution in [1.82, 2.24) is 19.5 Å². The van der Waals surface area contributed by atoms with Crippen molar-refractivity contribution in [2.45, 2.75) is 56.6 Å². The van der Waals surface area contributed by atoms with Crippen molar-refractivity contribution in [3.8, 4) is 0 Å². The molecule has 0 radical (unpaired) electrons. The van der Waals surface area contributed by atoms with Gasteiger partial charge in [-0.05, 0) is 32.1 Å². The molecule has 0 unspecified atom stereocenters. The summed E-state index contributed by atoms with van der Waals surface area (Å²) in [5, 5.41) is 32.8. The van der Waals surface area contributed by atoms with Gasteiger partial charge in [-0.25, -0.2) is 15.0 Å². The lowest BCUT2D eigenvalue weighted by atomic mass is 9.97. The van der Waals surface area contributed by atoms with Crippen molar-refractivity contribution in [2.75, 3.05) is 18.5 Å². The molecular formula is C18H25N5O4. The maximum Gasteiger partial charge on any atom is 0.167 e. The van der Waals surface area contributed by atoms with E-state index in [1.807, 2.05) is 0 Å². The van der Waals surface area contributed by atoms with Crippen LogP contribution in [-0.4, -0.2) is 66.3 Å². The van der Waals surface area contributed by atoms with E-state index in [-0.39, 0.29) is 6.61 Å². The van der Waals surface area contributed by atoms with E-state index < -0.39 is 24.5 Å². The predicted molar refractivity (Wildman–Crippen MR) is 98.0 cm³/mol. The van der Waals surface area contributed by atoms with Gasteiger partial charge in [-0.2, -0.15) is 0 Å². The molecule has 0 saturated carbocycles. The molecule has 4 N–H and O–H groups in total. The number of aliphatic hydroxyl groups excluding tert-OH is 3. The summed E-state index contributed by atoms with van der Waals surface area (Å²) in [4.78, 5) is 12.9. The molecule has 0 aromatic carbocycles. The van der Waals surface area contributed by atoms with E-state index in [1.54, 1.807) is 4.57 Å². The first kappa shape index (κ1) is 18.3. The number of anilines is 1. The minimum Gasteiger partial charge on any atom is -0.394 e. The fourth-order valence-electron chi connectivity index (χ4n) is 3.75. The van der Waals surface area contributed by atoms with Gasteiger partial charge in [0.05, 0.1) is 12.9 Å². The Morgan fingerprint density at radius 3 is 2.81 bits per heavy atom. The second-order valence-electron chi connectivity index (χ2n) is 7.06. The summed E-state index contributed by atoms with van der Waals surface area (Å²) < 4.78 is 7.14. The summed E-state index contributed by atoms with van der Waals surface area (Å²) in [6.07, 6.45) is 7.08. The molecule has 1 fully saturated rings. The highest BCUT2D eigenvalue weighted by molar-refractivity contribution is 5.82. The Morgan fingerprint density at radius 1 is 1.19 bits per heavy atom. The van der Waals surface area contributed by atoms with Gasteiger partial charge in [-0.3, -0.25) is 4.57 Å². The van der Waals surface area contributed by atoms with E-state index in [2.05, 4.69) is 26.3 Å². The Morgan fingerprint density at radius 2 is 2.07 bits per heavy atom. The van der Waals surface area contributed by atoms with E-state index in [4.69, 9.17) is 4.74 Å². The Labute approximate surface area is 156 Å². The van der Waals surface area contributed by atoms with E-state index >= 15 is 0 Å². The van der Waals surface area contributed by atoms with Crippen LogP contribution in [0.5, 0.6) is 0 Å². The Hall–Kier alpha value is -2.07. The first-order valence-corrected chi connectivity index (χ1v) is 9.41. The Bertz CT molecular complexity index is 823. The van der Waals surface area contributed by atoms with E-state index in [0.29, 0.717) is 17.0 Å². The van der Waals surface area contributed by atoms with Crippen LogP contribution in [0.3, 0.4) is 0 Å². The summed E-state index contributed by atoms with van der Waals surface area (Å²) in [6, 6.07) is 0. The zero-order chi connectivity index (χ0) is 18.8. The predicted octanol–water partition coefficient (Wildman–Crippen LogP) is 0.740. The monoisotopic (exact) mass is 375 g/mol. The van der Waals surface area contributed by atoms with Crippen LogP contribution in [0, 0.1) is 0 Å². The lowest BCUT2D eigenvalue weighted by Crippen LogP contribution is -2.33. The number of ether oxygens (including phenoxy) is 1. The number of imidazole rings is 1. The SMILES string of the molecule is OC[C@H]1O[C@@H](n2cnc3c(NCCC4=CCCCC4)ncnc32)[C@H](O)[C@@H]1O. The maximum atomic E-state index is 10.2. The molecule has 1 saturated heterocycles. The van der Waals surface area contributed by atoms with E-state index in [1.165, 1.54) is 43.9 Å². The number of hydrogen-bond donors (Lipinski definition) is 4. The number of nitrogens with one attached hydrogen (secondary N) is 1. The molecule has 4 rings (SSSR count). The fourth-order valence-corrected chi connectivity index (χ4v) is 3.75. The first-order chi connectivity index (χ1) is 13.2. The molecule has 3 heterocycles. The zero-order valence-electron chi connectivity index (χ0n) is 15.0. The molecule has 1 aliphatic carbocycles. The third kappa shape index (κ3) is 3.55. The van der Waals surface area contributed by atoms with Crippen molar-refractivity contribution >= 4 is 17.0 Å². The number of rotatable bonds is 6. The highest BCUT2D eigenvalue weighted by Crippen LogP contribution is 2.32. The highest BCUT2D eigenvalue weighted by atomic mass is 16.6. The first-order valence-electron chi connectivity index (χ1n) is 9.41. The van der Waals surface area contributed by atoms with Crippen LogP contribution in [0.15, 0.2) is 24.3 Å². The van der Waals surface area contributed by atoms with Crippen LogP contribution >= 0.6 is 0 Å². The third-order valence-corrected chi connectivity index (χ3v) is 5.27. The number of nitrogens with zero attached hydrogens (tertiary/aromatic N) is 4. The van der Waals surface area contributed by atoms with Crippen LogP contribution in [0.25, 0.3) is 11.2 Å². The second kappa shape index (κ2) is 7.89. The van der Waals surface area contributed by atoms with Gasteiger partial charge in [0.25, 0.3) is 0 Å². The molecule has 2 aromatic heterocycles. The lowest BCUT2D eigenvalue weighted by Gasteiger charge is -2.16. The van der Waals surface area contributed by atoms with Gasteiger partial charge in [0.1, 0.15) is 24.6 Å². The number of aromatic nitrogens is 4. The second-order valence-corrected chi connectivity index (χ2v) is 7.06. The zero-order valence-corrected chi connectivity index (χ0v) is 15.0. The molecule has 9 nitrogen and oxygen atoms in total. The average Bonchev–Trinajstić information content (AvgIpc) is 3.25. The number of aliphatic hydroxyl groups is 3. The minimum absolute atomic E-state index is 0.376. The van der Waals surface area contributed by atoms with Crippen LogP contribution in [0.1, 0.15) is 38.3 Å². The van der Waals surface area contributed by atoms with Crippen molar-refractivity contribution < 1.29 is 20.1 Å². The largest absolute Gasteiger partial charge is 0.394 e. The molecule has 27 heavy (non-hydrogen) atoms. The Kier molecular flexibility index (Phi) is 5.35. The third-order valence-electron chi connectivity index (χ3n) is 5.27. The number of hydrogen-bond acceptors (Lipinski definition) is 8. The standard InChI is InChI=1S/C18H25N5O4/c24-8-12-14(25)15(26)18(27-12)23-10-22-13-16(20-9-21-17(13)23)19-7-6-11-4-2-1-3-5-11/h4,9-10,12,14-15,18,24-26H,1-3,5-8H2,(H,19,20,21)/t12-,14-,15-,18-/m1/s1. The smallest absolute Gasteiger partial charge is 0.167 e. The van der Waals surface area contributed by atoms with Crippen LogP contribution in [-0.2, 0) is 4.74 Å². The van der Waals surface area contributed by atoms with Gasteiger partial charge in [0.15, 0.2) is 23.2 Å². The number of allylic oxidation sites excluding steroid dienone is 1. The molecule has 0 spiro atoms. The quantitative estimate of drug-likeness (QED) is 0.545. The molecule has 0 bridgehead atoms.